The fraction of sp³-hybridized carbons (Fsp3) is 0.381. The van der Waals surface area contributed by atoms with Crippen molar-refractivity contribution in [3.05, 3.63) is 28.8 Å². The minimum absolute atomic E-state index is 0.0403. The van der Waals surface area contributed by atoms with Crippen LogP contribution in [0.15, 0.2) is 12.1 Å². The summed E-state index contributed by atoms with van der Waals surface area (Å²) in [7, 11) is 6.78. The number of carbonyl (C=O) groups excluding carboxylic acids is 1. The van der Waals surface area contributed by atoms with Crippen molar-refractivity contribution < 1.29 is 28.5 Å². The molecule has 5 rings (SSSR count). The quantitative estimate of drug-likeness (QED) is 0.807. The molecule has 2 aromatic rings. The van der Waals surface area contributed by atoms with Crippen LogP contribution in [0.25, 0.3) is 11.1 Å². The fourth-order valence-corrected chi connectivity index (χ4v) is 4.63. The van der Waals surface area contributed by atoms with Crippen molar-refractivity contribution in [2.75, 3.05) is 41.7 Å². The molecule has 28 heavy (non-hydrogen) atoms. The zero-order valence-electron chi connectivity index (χ0n) is 16.3. The average Bonchev–Trinajstić information content (AvgIpc) is 3.17. The molecule has 7 heteroatoms. The summed E-state index contributed by atoms with van der Waals surface area (Å²) in [5.74, 6) is 2.99. The molecule has 2 aromatic carbocycles. The van der Waals surface area contributed by atoms with Crippen LogP contribution in [0.4, 0.5) is 0 Å². The maximum absolute atomic E-state index is 13.5. The van der Waals surface area contributed by atoms with Crippen LogP contribution < -0.4 is 23.7 Å². The van der Waals surface area contributed by atoms with E-state index in [1.807, 2.05) is 13.1 Å². The molecule has 0 N–H and O–H groups in total. The van der Waals surface area contributed by atoms with Crippen LogP contribution in [0.5, 0.6) is 28.7 Å². The lowest BCUT2D eigenvalue weighted by Crippen LogP contribution is -2.39. The molecule has 0 saturated carbocycles. The Hall–Kier alpha value is -2.93. The lowest BCUT2D eigenvalue weighted by Gasteiger charge is -2.40. The normalized spacial score (nSPS) is 19.1. The van der Waals surface area contributed by atoms with E-state index in [1.165, 1.54) is 0 Å². The summed E-state index contributed by atoms with van der Waals surface area (Å²) in [5.41, 5.74) is 4.16. The summed E-state index contributed by atoms with van der Waals surface area (Å²) in [6.45, 7) is 0.894. The van der Waals surface area contributed by atoms with Gasteiger partial charge in [-0.25, -0.2) is 0 Å². The predicted molar refractivity (Wildman–Crippen MR) is 101 cm³/mol. The number of benzene rings is 2. The summed E-state index contributed by atoms with van der Waals surface area (Å²) in [4.78, 5) is 15.6. The maximum atomic E-state index is 13.5. The van der Waals surface area contributed by atoms with E-state index in [0.29, 0.717) is 34.3 Å². The number of methoxy groups -OCH3 is 3. The SMILES string of the molecule is COc1c2c3c(c(OC)c1OC)-c1cc4c(cc1C(=O)[C@H]3N(C)CC2)OCO4. The van der Waals surface area contributed by atoms with Crippen LogP contribution in [0.1, 0.15) is 27.5 Å². The van der Waals surface area contributed by atoms with Crippen molar-refractivity contribution in [2.45, 2.75) is 12.5 Å². The summed E-state index contributed by atoms with van der Waals surface area (Å²) in [6, 6.07) is 3.24. The number of ketones is 1. The topological polar surface area (TPSA) is 66.5 Å². The number of hydrogen-bond acceptors (Lipinski definition) is 7. The molecule has 146 valence electrons. The second-order valence-electron chi connectivity index (χ2n) is 7.12. The first kappa shape index (κ1) is 17.2. The number of Topliss-reactive ketones (excluding diaryl/α,β-unsaturated/α-hetero) is 1. The van der Waals surface area contributed by atoms with Gasteiger partial charge in [0.1, 0.15) is 0 Å². The Bertz CT molecular complexity index is 1010. The summed E-state index contributed by atoms with van der Waals surface area (Å²) in [5, 5.41) is 0. The average molecular weight is 383 g/mol. The van der Waals surface area contributed by atoms with Gasteiger partial charge < -0.3 is 23.7 Å². The van der Waals surface area contributed by atoms with Crippen molar-refractivity contribution in [3.63, 3.8) is 0 Å². The molecule has 0 amide bonds. The van der Waals surface area contributed by atoms with Crippen LogP contribution in [-0.2, 0) is 6.42 Å². The molecule has 3 aliphatic rings. The highest BCUT2D eigenvalue weighted by atomic mass is 16.7. The van der Waals surface area contributed by atoms with Gasteiger partial charge in [-0.05, 0) is 31.2 Å². The standard InChI is InChI=1S/C21H21NO6/c1-22-6-5-10-15-16(20(25-3)21(26-4)19(10)24-2)11-7-13-14(28-9-27-13)8-12(11)18(23)17(15)22/h7-8,17H,5-6,9H2,1-4H3/t17-/m0/s1. The second kappa shape index (κ2) is 6.04. The molecular formula is C21H21NO6. The largest absolute Gasteiger partial charge is 0.492 e. The fourth-order valence-electron chi connectivity index (χ4n) is 4.63. The van der Waals surface area contributed by atoms with Gasteiger partial charge in [0.25, 0.3) is 0 Å². The lowest BCUT2D eigenvalue weighted by atomic mass is 9.75. The molecule has 0 saturated heterocycles. The van der Waals surface area contributed by atoms with Crippen molar-refractivity contribution >= 4 is 5.78 Å². The monoisotopic (exact) mass is 383 g/mol. The molecule has 0 unspecified atom stereocenters. The van der Waals surface area contributed by atoms with E-state index in [1.54, 1.807) is 27.4 Å². The predicted octanol–water partition coefficient (Wildman–Crippen LogP) is 2.83. The molecule has 7 nitrogen and oxygen atoms in total. The van der Waals surface area contributed by atoms with Gasteiger partial charge in [0.15, 0.2) is 28.8 Å². The first-order valence-electron chi connectivity index (χ1n) is 9.13. The van der Waals surface area contributed by atoms with Crippen LogP contribution in [-0.4, -0.2) is 52.4 Å². The van der Waals surface area contributed by atoms with Crippen LogP contribution in [0.2, 0.25) is 0 Å². The zero-order valence-corrected chi connectivity index (χ0v) is 16.3. The van der Waals surface area contributed by atoms with Gasteiger partial charge in [0, 0.05) is 28.8 Å². The molecule has 0 aromatic heterocycles. The minimum atomic E-state index is -0.402. The molecule has 1 aliphatic carbocycles. The minimum Gasteiger partial charge on any atom is -0.492 e. The number of likely N-dealkylation sites (N-methyl/N-ethyl adjacent to an activating group) is 1. The van der Waals surface area contributed by atoms with Crippen LogP contribution in [0.3, 0.4) is 0 Å². The molecular weight excluding hydrogens is 362 g/mol. The summed E-state index contributed by atoms with van der Waals surface area (Å²) < 4.78 is 28.2. The Labute approximate surface area is 162 Å². The Kier molecular flexibility index (Phi) is 3.71. The van der Waals surface area contributed by atoms with Gasteiger partial charge in [-0.2, -0.15) is 0 Å². The Morgan fingerprint density at radius 3 is 2.25 bits per heavy atom. The van der Waals surface area contributed by atoms with E-state index in [2.05, 4.69) is 4.90 Å². The molecule has 0 spiro atoms. The Morgan fingerprint density at radius 2 is 1.61 bits per heavy atom. The van der Waals surface area contributed by atoms with Gasteiger partial charge >= 0.3 is 0 Å². The van der Waals surface area contributed by atoms with Gasteiger partial charge in [0.05, 0.1) is 27.4 Å². The number of hydrogen-bond donors (Lipinski definition) is 0. The van der Waals surface area contributed by atoms with E-state index in [9.17, 15) is 4.79 Å². The molecule has 1 atom stereocenters. The molecule has 2 aliphatic heterocycles. The van der Waals surface area contributed by atoms with Crippen molar-refractivity contribution in [1.82, 2.24) is 4.90 Å². The smallest absolute Gasteiger partial charge is 0.231 e. The number of nitrogens with zero attached hydrogens (tertiary/aromatic N) is 1. The van der Waals surface area contributed by atoms with Crippen molar-refractivity contribution in [1.29, 1.82) is 0 Å². The highest BCUT2D eigenvalue weighted by molar-refractivity contribution is 6.12. The van der Waals surface area contributed by atoms with E-state index in [0.717, 1.165) is 35.2 Å². The summed E-state index contributed by atoms with van der Waals surface area (Å²) >= 11 is 0. The van der Waals surface area contributed by atoms with Gasteiger partial charge in [-0.15, -0.1) is 0 Å². The highest BCUT2D eigenvalue weighted by Crippen LogP contribution is 2.57. The van der Waals surface area contributed by atoms with E-state index >= 15 is 0 Å². The highest BCUT2D eigenvalue weighted by Gasteiger charge is 2.44. The molecule has 0 fully saturated rings. The van der Waals surface area contributed by atoms with E-state index < -0.39 is 6.04 Å². The summed E-state index contributed by atoms with van der Waals surface area (Å²) in [6.07, 6.45) is 0.756. The van der Waals surface area contributed by atoms with E-state index in [-0.39, 0.29) is 12.6 Å². The number of rotatable bonds is 3. The Balaban J connectivity index is 1.93. The van der Waals surface area contributed by atoms with Gasteiger partial charge in [-0.3, -0.25) is 9.69 Å². The third kappa shape index (κ3) is 2.05. The third-order valence-corrected chi connectivity index (χ3v) is 5.85. The number of carbonyl (C=O) groups is 1. The first-order valence-corrected chi connectivity index (χ1v) is 9.13. The Morgan fingerprint density at radius 1 is 0.964 bits per heavy atom. The lowest BCUT2D eigenvalue weighted by molar-refractivity contribution is 0.0833. The number of ether oxygens (including phenoxy) is 5. The second-order valence-corrected chi connectivity index (χ2v) is 7.12. The number of fused-ring (bicyclic) bond motifs is 3. The van der Waals surface area contributed by atoms with Crippen LogP contribution >= 0.6 is 0 Å². The van der Waals surface area contributed by atoms with Crippen LogP contribution in [0, 0.1) is 0 Å². The van der Waals surface area contributed by atoms with E-state index in [4.69, 9.17) is 23.7 Å². The first-order chi connectivity index (χ1) is 13.6. The van der Waals surface area contributed by atoms with Gasteiger partial charge in [0.2, 0.25) is 12.5 Å². The van der Waals surface area contributed by atoms with Gasteiger partial charge in [-0.1, -0.05) is 0 Å². The van der Waals surface area contributed by atoms with Crippen molar-refractivity contribution in [3.8, 4) is 39.9 Å². The zero-order chi connectivity index (χ0) is 19.6. The maximum Gasteiger partial charge on any atom is 0.231 e. The van der Waals surface area contributed by atoms with Crippen molar-refractivity contribution in [2.24, 2.45) is 0 Å². The molecule has 0 bridgehead atoms. The third-order valence-electron chi connectivity index (χ3n) is 5.85. The molecule has 0 radical (unpaired) electrons. The molecule has 2 heterocycles.